The van der Waals surface area contributed by atoms with Crippen LogP contribution >= 0.6 is 11.6 Å². The normalized spacial score (nSPS) is 29.5. The summed E-state index contributed by atoms with van der Waals surface area (Å²) < 4.78 is 12.9. The third-order valence-corrected chi connectivity index (χ3v) is 9.98. The van der Waals surface area contributed by atoms with Crippen LogP contribution in [0.3, 0.4) is 0 Å². The molecule has 1 aliphatic carbocycles. The zero-order valence-corrected chi connectivity index (χ0v) is 20.4. The van der Waals surface area contributed by atoms with Crippen molar-refractivity contribution in [2.45, 2.75) is 55.4 Å². The molecule has 6 rings (SSSR count). The number of hydrogen-bond donors (Lipinski definition) is 1. The van der Waals surface area contributed by atoms with Crippen molar-refractivity contribution in [1.82, 2.24) is 9.97 Å². The van der Waals surface area contributed by atoms with Crippen molar-refractivity contribution in [2.24, 2.45) is 11.8 Å². The summed E-state index contributed by atoms with van der Waals surface area (Å²) in [7, 11) is -1.05. The first-order valence-electron chi connectivity index (χ1n) is 12.3. The molecule has 0 amide bonds. The van der Waals surface area contributed by atoms with E-state index in [1.807, 2.05) is 12.1 Å². The summed E-state index contributed by atoms with van der Waals surface area (Å²) in [5.41, 5.74) is 2.29. The van der Waals surface area contributed by atoms with Crippen LogP contribution in [0.25, 0.3) is 0 Å². The summed E-state index contributed by atoms with van der Waals surface area (Å²) in [6.45, 7) is 2.86. The zero-order valence-electron chi connectivity index (χ0n) is 18.8. The van der Waals surface area contributed by atoms with Gasteiger partial charge in [-0.15, -0.1) is 0 Å². The molecular weight excluding hydrogens is 456 g/mol. The summed E-state index contributed by atoms with van der Waals surface area (Å²) in [4.78, 5) is 15.4. The van der Waals surface area contributed by atoms with Crippen LogP contribution in [0, 0.1) is 11.8 Å². The van der Waals surface area contributed by atoms with Gasteiger partial charge in [-0.2, -0.15) is 4.98 Å². The van der Waals surface area contributed by atoms with Crippen LogP contribution in [0.15, 0.2) is 29.2 Å². The van der Waals surface area contributed by atoms with E-state index >= 15 is 0 Å². The Kier molecular flexibility index (Phi) is 5.83. The van der Waals surface area contributed by atoms with Crippen molar-refractivity contribution in [1.29, 1.82) is 0 Å². The molecular formula is C25H31ClN4O2S. The van der Waals surface area contributed by atoms with Crippen molar-refractivity contribution in [3.05, 3.63) is 40.5 Å². The first-order chi connectivity index (χ1) is 16.1. The van der Waals surface area contributed by atoms with E-state index < -0.39 is 10.8 Å². The predicted octanol–water partition coefficient (Wildman–Crippen LogP) is 3.77. The monoisotopic (exact) mass is 486 g/mol. The van der Waals surface area contributed by atoms with E-state index in [2.05, 4.69) is 21.9 Å². The number of rotatable bonds is 4. The van der Waals surface area contributed by atoms with Gasteiger partial charge in [0.2, 0.25) is 5.95 Å². The van der Waals surface area contributed by atoms with Gasteiger partial charge in [0.15, 0.2) is 5.82 Å². The van der Waals surface area contributed by atoms with Crippen LogP contribution in [-0.2, 0) is 17.2 Å². The molecule has 2 aromatic rings. The number of piperidine rings is 1. The van der Waals surface area contributed by atoms with Crippen molar-refractivity contribution in [3.63, 3.8) is 0 Å². The maximum atomic E-state index is 12.9. The van der Waals surface area contributed by atoms with E-state index in [0.29, 0.717) is 23.5 Å². The fourth-order valence-electron chi connectivity index (χ4n) is 6.54. The largest absolute Gasteiger partial charge is 0.394 e. The molecule has 3 fully saturated rings. The maximum Gasteiger partial charge on any atom is 0.227 e. The van der Waals surface area contributed by atoms with Crippen LogP contribution in [-0.4, -0.2) is 57.3 Å². The van der Waals surface area contributed by atoms with E-state index in [4.69, 9.17) is 21.6 Å². The standard InChI is InChI=1S/C25H31ClN4O2S/c26-19-6-4-16(5-7-19)17-8-11-29(12-9-17)25-27-21-10-13-33(32)23(21)24(28-25)30-14-18-2-1-3-20(18)22(30)15-31/h4-7,17-18,20,22,31H,1-3,8-15H2/t18?,20?,22?,33-/m0/s1. The fraction of sp³-hybridized carbons (Fsp3) is 0.600. The minimum atomic E-state index is -1.05. The molecule has 0 radical (unpaired) electrons. The molecule has 4 heterocycles. The van der Waals surface area contributed by atoms with E-state index in [1.165, 1.54) is 24.8 Å². The molecule has 4 atom stereocenters. The summed E-state index contributed by atoms with van der Waals surface area (Å²) in [6, 6.07) is 8.31. The predicted molar refractivity (Wildman–Crippen MR) is 132 cm³/mol. The third kappa shape index (κ3) is 3.86. The second-order valence-electron chi connectivity index (χ2n) is 9.99. The van der Waals surface area contributed by atoms with E-state index in [-0.39, 0.29) is 12.6 Å². The Hall–Kier alpha value is -1.70. The zero-order chi connectivity index (χ0) is 22.5. The number of aliphatic hydroxyl groups excluding tert-OH is 1. The van der Waals surface area contributed by atoms with Crippen molar-refractivity contribution >= 4 is 34.2 Å². The Bertz CT molecular complexity index is 1060. The van der Waals surface area contributed by atoms with Gasteiger partial charge >= 0.3 is 0 Å². The van der Waals surface area contributed by atoms with Gasteiger partial charge in [-0.05, 0) is 61.1 Å². The highest BCUT2D eigenvalue weighted by Gasteiger charge is 2.46. The van der Waals surface area contributed by atoms with Gasteiger partial charge in [-0.1, -0.05) is 30.2 Å². The number of benzene rings is 1. The fourth-order valence-corrected chi connectivity index (χ4v) is 8.03. The molecule has 2 saturated heterocycles. The average Bonchev–Trinajstić information content (AvgIpc) is 3.54. The van der Waals surface area contributed by atoms with Gasteiger partial charge in [0.05, 0.1) is 29.1 Å². The molecule has 33 heavy (non-hydrogen) atoms. The van der Waals surface area contributed by atoms with Crippen LogP contribution in [0.5, 0.6) is 0 Å². The SMILES string of the molecule is O=[S@]1CCc2nc(N3CCC(c4ccc(Cl)cc4)CC3)nc(N3CC4CCCC4C3CO)c21. The number of aryl methyl sites for hydroxylation is 1. The van der Waals surface area contributed by atoms with Gasteiger partial charge in [-0.3, -0.25) is 4.21 Å². The Balaban J connectivity index is 1.28. The van der Waals surface area contributed by atoms with Crippen molar-refractivity contribution in [3.8, 4) is 0 Å². The number of aromatic nitrogens is 2. The highest BCUT2D eigenvalue weighted by molar-refractivity contribution is 7.85. The molecule has 1 aromatic heterocycles. The molecule has 0 bridgehead atoms. The minimum Gasteiger partial charge on any atom is -0.394 e. The quantitative estimate of drug-likeness (QED) is 0.709. The number of anilines is 2. The molecule has 8 heteroatoms. The number of fused-ring (bicyclic) bond motifs is 2. The first-order valence-corrected chi connectivity index (χ1v) is 14.0. The molecule has 0 spiro atoms. The minimum absolute atomic E-state index is 0.0811. The van der Waals surface area contributed by atoms with Crippen LogP contribution in [0.4, 0.5) is 11.8 Å². The summed E-state index contributed by atoms with van der Waals surface area (Å²) >= 11 is 6.06. The van der Waals surface area contributed by atoms with Crippen molar-refractivity contribution in [2.75, 3.05) is 41.8 Å². The number of halogens is 1. The lowest BCUT2D eigenvalue weighted by Crippen LogP contribution is -2.38. The van der Waals surface area contributed by atoms with Gasteiger partial charge < -0.3 is 14.9 Å². The Morgan fingerprint density at radius 1 is 1.09 bits per heavy atom. The molecule has 1 aromatic carbocycles. The van der Waals surface area contributed by atoms with Gasteiger partial charge in [-0.25, -0.2) is 4.98 Å². The van der Waals surface area contributed by atoms with Crippen LogP contribution < -0.4 is 9.80 Å². The third-order valence-electron chi connectivity index (χ3n) is 8.28. The lowest BCUT2D eigenvalue weighted by Gasteiger charge is -2.34. The molecule has 176 valence electrons. The molecule has 3 aliphatic heterocycles. The molecule has 6 nitrogen and oxygen atoms in total. The van der Waals surface area contributed by atoms with E-state index in [1.54, 1.807) is 0 Å². The Morgan fingerprint density at radius 3 is 2.64 bits per heavy atom. The van der Waals surface area contributed by atoms with Crippen molar-refractivity contribution < 1.29 is 9.32 Å². The maximum absolute atomic E-state index is 12.9. The smallest absolute Gasteiger partial charge is 0.227 e. The van der Waals surface area contributed by atoms with E-state index in [0.717, 1.165) is 66.3 Å². The Morgan fingerprint density at radius 2 is 1.88 bits per heavy atom. The molecule has 1 N–H and O–H groups in total. The summed E-state index contributed by atoms with van der Waals surface area (Å²) in [5, 5.41) is 11.0. The second-order valence-corrected chi connectivity index (χ2v) is 11.9. The average molecular weight is 487 g/mol. The number of aliphatic hydroxyl groups is 1. The van der Waals surface area contributed by atoms with Gasteiger partial charge in [0.25, 0.3) is 0 Å². The van der Waals surface area contributed by atoms with Gasteiger partial charge in [0.1, 0.15) is 4.90 Å². The van der Waals surface area contributed by atoms with Crippen LogP contribution in [0.1, 0.15) is 49.3 Å². The highest BCUT2D eigenvalue weighted by atomic mass is 35.5. The molecule has 1 saturated carbocycles. The van der Waals surface area contributed by atoms with Gasteiger partial charge in [0, 0.05) is 36.8 Å². The lowest BCUT2D eigenvalue weighted by molar-refractivity contribution is 0.232. The second kappa shape index (κ2) is 8.82. The lowest BCUT2D eigenvalue weighted by atomic mass is 9.89. The number of hydrogen-bond acceptors (Lipinski definition) is 6. The Labute approximate surface area is 202 Å². The molecule has 3 unspecified atom stereocenters. The van der Waals surface area contributed by atoms with E-state index in [9.17, 15) is 9.32 Å². The van der Waals surface area contributed by atoms with Crippen LogP contribution in [0.2, 0.25) is 5.02 Å². The first kappa shape index (κ1) is 21.8. The summed E-state index contributed by atoms with van der Waals surface area (Å²) in [6.07, 6.45) is 6.50. The summed E-state index contributed by atoms with van der Waals surface area (Å²) in [5.74, 6) is 3.89. The number of nitrogens with zero attached hydrogens (tertiary/aromatic N) is 4. The highest BCUT2D eigenvalue weighted by Crippen LogP contribution is 2.45. The topological polar surface area (TPSA) is 69.6 Å². The molecule has 4 aliphatic rings.